The first-order chi connectivity index (χ1) is 22.4. The molecule has 0 aromatic rings. The topological polar surface area (TPSA) is 155 Å². The molecule has 272 valence electrons. The quantitative estimate of drug-likeness (QED) is 0.166. The van der Waals surface area contributed by atoms with Gasteiger partial charge in [-0.05, 0) is 83.9 Å². The summed E-state index contributed by atoms with van der Waals surface area (Å²) in [6, 6.07) is 0. The number of aliphatic hydroxyl groups is 5. The largest absolute Gasteiger partial charge is 0.460 e. The van der Waals surface area contributed by atoms with Crippen molar-refractivity contribution in [2.45, 2.75) is 149 Å². The summed E-state index contributed by atoms with van der Waals surface area (Å²) in [5.74, 6) is 1.19. The highest BCUT2D eigenvalue weighted by Gasteiger charge is 2.75. The number of ether oxygens (including phenoxy) is 4. The van der Waals surface area contributed by atoms with Crippen LogP contribution in [0.2, 0.25) is 0 Å². The van der Waals surface area contributed by atoms with Crippen molar-refractivity contribution in [1.82, 2.24) is 0 Å². The zero-order chi connectivity index (χ0) is 34.9. The van der Waals surface area contributed by atoms with E-state index in [4.69, 9.17) is 18.9 Å². The molecule has 2 bridgehead atoms. The number of esters is 1. The van der Waals surface area contributed by atoms with Gasteiger partial charge in [0.2, 0.25) is 0 Å². The summed E-state index contributed by atoms with van der Waals surface area (Å²) >= 11 is 0. The maximum atomic E-state index is 12.6. The molecule has 5 N–H and O–H groups in total. The third-order valence-electron chi connectivity index (χ3n) is 15.8. The molecule has 17 atom stereocenters. The molecule has 4 saturated carbocycles. The molecule has 6 fully saturated rings. The lowest BCUT2D eigenvalue weighted by Crippen LogP contribution is -2.68. The minimum Gasteiger partial charge on any atom is -0.460 e. The molecule has 0 radical (unpaired) electrons. The van der Waals surface area contributed by atoms with Crippen molar-refractivity contribution in [3.05, 3.63) is 11.6 Å². The van der Waals surface area contributed by atoms with E-state index in [0.29, 0.717) is 30.6 Å². The third-order valence-corrected chi connectivity index (χ3v) is 15.8. The number of carbonyl (C=O) groups excluding carboxylic acids is 1. The van der Waals surface area contributed by atoms with Gasteiger partial charge in [0.1, 0.15) is 36.6 Å². The Morgan fingerprint density at radius 2 is 1.71 bits per heavy atom. The highest BCUT2D eigenvalue weighted by molar-refractivity contribution is 5.66. The molecular formula is C38H60O10. The zero-order valence-corrected chi connectivity index (χ0v) is 30.1. The van der Waals surface area contributed by atoms with E-state index in [2.05, 4.69) is 54.5 Å². The molecule has 10 heteroatoms. The summed E-state index contributed by atoms with van der Waals surface area (Å²) in [5, 5.41) is 53.9. The van der Waals surface area contributed by atoms with Gasteiger partial charge in [0.15, 0.2) is 6.29 Å². The maximum absolute atomic E-state index is 12.6. The van der Waals surface area contributed by atoms with Crippen LogP contribution in [0.5, 0.6) is 0 Å². The van der Waals surface area contributed by atoms with Gasteiger partial charge in [0.05, 0.1) is 25.4 Å². The van der Waals surface area contributed by atoms with E-state index in [1.54, 1.807) is 0 Å². The van der Waals surface area contributed by atoms with Crippen molar-refractivity contribution in [3.63, 3.8) is 0 Å². The minimum absolute atomic E-state index is 0.0252. The predicted molar refractivity (Wildman–Crippen MR) is 175 cm³/mol. The Morgan fingerprint density at radius 1 is 1.00 bits per heavy atom. The van der Waals surface area contributed by atoms with Gasteiger partial charge in [0.25, 0.3) is 0 Å². The van der Waals surface area contributed by atoms with Gasteiger partial charge in [-0.25, -0.2) is 0 Å². The lowest BCUT2D eigenvalue weighted by Gasteiger charge is -2.70. The lowest BCUT2D eigenvalue weighted by atomic mass is 9.35. The average Bonchev–Trinajstić information content (AvgIpc) is 3.56. The van der Waals surface area contributed by atoms with Crippen LogP contribution in [0.15, 0.2) is 11.6 Å². The highest BCUT2D eigenvalue weighted by Crippen LogP contribution is 2.78. The van der Waals surface area contributed by atoms with Gasteiger partial charge in [-0.2, -0.15) is 0 Å². The molecule has 0 aromatic heterocycles. The first kappa shape index (κ1) is 35.3. The molecule has 2 heterocycles. The summed E-state index contributed by atoms with van der Waals surface area (Å²) in [5.41, 5.74) is 0.218. The van der Waals surface area contributed by atoms with Crippen LogP contribution in [0.1, 0.15) is 93.9 Å². The first-order valence-electron chi connectivity index (χ1n) is 18.5. The fourth-order valence-corrected chi connectivity index (χ4v) is 13.6. The monoisotopic (exact) mass is 676 g/mol. The SMILES string of the molecule is CC(=O)O[C@@H]1C[C@]2(C)C3=CC[C@]4(C)C5[C@H]6C[C@@H](C(C)C)[C@@]5(CC[C@@]4(C)[C@@H]3[C@@H](O)CC2C(C)(C)[C@H]1O[C@@H]1O[C@H](CO)[C@@H](O)[C@H](O)[C@H]1O)CO6. The van der Waals surface area contributed by atoms with Gasteiger partial charge in [-0.1, -0.05) is 60.1 Å². The molecule has 2 saturated heterocycles. The zero-order valence-electron chi connectivity index (χ0n) is 30.1. The number of rotatable bonds is 5. The van der Waals surface area contributed by atoms with Crippen molar-refractivity contribution >= 4 is 5.97 Å². The molecule has 0 spiro atoms. The Labute approximate surface area is 285 Å². The van der Waals surface area contributed by atoms with Gasteiger partial charge < -0.3 is 44.5 Å². The summed E-state index contributed by atoms with van der Waals surface area (Å²) in [7, 11) is 0. The number of aliphatic hydroxyl groups excluding tert-OH is 5. The standard InChI is InChI=1S/C38H60O10/c1-18(2)21-13-23-31-37(8)10-9-20-27(36(37,7)11-12-38(21,31)17-45-23)22(41)14-26-34(4,5)32(24(46-19(3)40)15-35(20,26)6)48-33-30(44)29(43)28(42)25(16-39)47-33/h9,18,21-33,39,41-44H,10-17H2,1-8H3/t21-,22-,23+,24+,25+,26?,27-,28+,29-,30+,31?,32-,33-,35+,36-,37+,38+/m0/s1. The normalized spacial score (nSPS) is 55.3. The Bertz CT molecular complexity index is 1310. The van der Waals surface area contributed by atoms with E-state index >= 15 is 0 Å². The average molecular weight is 677 g/mol. The van der Waals surface area contributed by atoms with Crippen molar-refractivity contribution in [2.75, 3.05) is 13.2 Å². The molecule has 2 aliphatic heterocycles. The smallest absolute Gasteiger partial charge is 0.302 e. The maximum Gasteiger partial charge on any atom is 0.302 e. The third kappa shape index (κ3) is 4.55. The number of carbonyl (C=O) groups is 1. The second-order valence-corrected chi connectivity index (χ2v) is 18.5. The Balaban J connectivity index is 1.25. The minimum atomic E-state index is -1.59. The summed E-state index contributed by atoms with van der Waals surface area (Å²) < 4.78 is 24.9. The van der Waals surface area contributed by atoms with Gasteiger partial charge in [-0.15, -0.1) is 0 Å². The van der Waals surface area contributed by atoms with Crippen LogP contribution in [0, 0.1) is 56.7 Å². The fraction of sp³-hybridized carbons (Fsp3) is 0.921. The van der Waals surface area contributed by atoms with Crippen molar-refractivity contribution in [3.8, 4) is 0 Å². The summed E-state index contributed by atoms with van der Waals surface area (Å²) in [4.78, 5) is 12.6. The molecule has 5 aliphatic carbocycles. The highest BCUT2D eigenvalue weighted by atomic mass is 16.7. The number of hydrogen-bond acceptors (Lipinski definition) is 10. The Kier molecular flexibility index (Phi) is 8.42. The van der Waals surface area contributed by atoms with Crippen molar-refractivity contribution in [1.29, 1.82) is 0 Å². The van der Waals surface area contributed by atoms with Crippen LogP contribution in [-0.2, 0) is 23.7 Å². The first-order valence-corrected chi connectivity index (χ1v) is 18.5. The van der Waals surface area contributed by atoms with Crippen LogP contribution in [0.25, 0.3) is 0 Å². The second-order valence-electron chi connectivity index (χ2n) is 18.5. The van der Waals surface area contributed by atoms with Crippen LogP contribution in [0.3, 0.4) is 0 Å². The number of hydrogen-bond donors (Lipinski definition) is 5. The van der Waals surface area contributed by atoms with Crippen LogP contribution < -0.4 is 0 Å². The van der Waals surface area contributed by atoms with Crippen molar-refractivity contribution in [2.24, 2.45) is 56.7 Å². The van der Waals surface area contributed by atoms with Crippen LogP contribution >= 0.6 is 0 Å². The predicted octanol–water partition coefficient (Wildman–Crippen LogP) is 3.35. The van der Waals surface area contributed by atoms with Gasteiger partial charge in [-0.3, -0.25) is 4.79 Å². The molecule has 2 unspecified atom stereocenters. The Hall–Kier alpha value is -1.11. The molecule has 10 nitrogen and oxygen atoms in total. The van der Waals surface area contributed by atoms with E-state index in [-0.39, 0.29) is 34.2 Å². The second kappa shape index (κ2) is 11.4. The van der Waals surface area contributed by atoms with Crippen LogP contribution in [-0.4, -0.2) is 99.8 Å². The Morgan fingerprint density at radius 3 is 2.35 bits per heavy atom. The lowest BCUT2D eigenvalue weighted by molar-refractivity contribution is -0.337. The summed E-state index contributed by atoms with van der Waals surface area (Å²) in [6.07, 6.45) is -1.26. The molecule has 0 aromatic carbocycles. The van der Waals surface area contributed by atoms with Gasteiger partial charge >= 0.3 is 5.97 Å². The molecule has 48 heavy (non-hydrogen) atoms. The van der Waals surface area contributed by atoms with E-state index in [9.17, 15) is 30.3 Å². The summed E-state index contributed by atoms with van der Waals surface area (Å²) in [6.45, 7) is 17.7. The molecule has 0 amide bonds. The van der Waals surface area contributed by atoms with E-state index in [0.717, 1.165) is 32.3 Å². The number of allylic oxidation sites excluding steroid dienone is 1. The number of fused-ring (bicyclic) bond motifs is 5. The molecule has 7 aliphatic rings. The van der Waals surface area contributed by atoms with Crippen molar-refractivity contribution < 1.29 is 49.3 Å². The molecule has 7 rings (SSSR count). The van der Waals surface area contributed by atoms with E-state index < -0.39 is 72.4 Å². The van der Waals surface area contributed by atoms with Crippen LogP contribution in [0.4, 0.5) is 0 Å². The van der Waals surface area contributed by atoms with E-state index in [1.165, 1.54) is 12.5 Å². The fourth-order valence-electron chi connectivity index (χ4n) is 13.6. The van der Waals surface area contributed by atoms with Gasteiger partial charge in [0, 0.05) is 18.3 Å². The van der Waals surface area contributed by atoms with E-state index in [1.807, 2.05) is 0 Å². The molecular weight excluding hydrogens is 616 g/mol.